The van der Waals surface area contributed by atoms with E-state index in [0.717, 1.165) is 10.4 Å². The van der Waals surface area contributed by atoms with E-state index in [1.54, 1.807) is 46.7 Å². The molecule has 7 nitrogen and oxygen atoms in total. The van der Waals surface area contributed by atoms with Crippen molar-refractivity contribution in [2.24, 2.45) is 0 Å². The van der Waals surface area contributed by atoms with Gasteiger partial charge in [-0.15, -0.1) is 22.7 Å². The Hall–Kier alpha value is -2.27. The topological polar surface area (TPSA) is 88.6 Å². The van der Waals surface area contributed by atoms with Gasteiger partial charge in [0.2, 0.25) is 5.91 Å². The number of benzene rings is 1. The zero-order valence-electron chi connectivity index (χ0n) is 15.4. The molecule has 29 heavy (non-hydrogen) atoms. The van der Waals surface area contributed by atoms with Gasteiger partial charge in [-0.05, 0) is 29.1 Å². The Balaban J connectivity index is 1.41. The number of anilines is 1. The highest BCUT2D eigenvalue weighted by molar-refractivity contribution is 7.93. The zero-order valence-corrected chi connectivity index (χ0v) is 17.9. The number of aromatic nitrogens is 1. The zero-order chi connectivity index (χ0) is 20.3. The summed E-state index contributed by atoms with van der Waals surface area (Å²) in [6.45, 7) is 2.26. The molecule has 0 spiro atoms. The van der Waals surface area contributed by atoms with Crippen LogP contribution in [0.4, 0.5) is 5.13 Å². The summed E-state index contributed by atoms with van der Waals surface area (Å²) in [4.78, 5) is 20.2. The number of rotatable bonds is 6. The molecule has 0 atom stereocenters. The van der Waals surface area contributed by atoms with E-state index in [1.165, 1.54) is 11.3 Å². The quantitative estimate of drug-likeness (QED) is 0.625. The van der Waals surface area contributed by atoms with Crippen molar-refractivity contribution >= 4 is 43.7 Å². The van der Waals surface area contributed by atoms with Gasteiger partial charge >= 0.3 is 0 Å². The van der Waals surface area contributed by atoms with Crippen LogP contribution in [0.25, 0.3) is 10.4 Å². The number of amides is 1. The van der Waals surface area contributed by atoms with Crippen LogP contribution in [0.3, 0.4) is 0 Å². The van der Waals surface area contributed by atoms with Crippen molar-refractivity contribution in [3.8, 4) is 10.4 Å². The molecule has 1 aliphatic heterocycles. The van der Waals surface area contributed by atoms with Crippen molar-refractivity contribution < 1.29 is 17.9 Å². The van der Waals surface area contributed by atoms with Gasteiger partial charge in [0.15, 0.2) is 5.13 Å². The molecule has 1 fully saturated rings. The summed E-state index contributed by atoms with van der Waals surface area (Å²) in [6, 6.07) is 10.7. The molecule has 3 aromatic rings. The number of hydrogen-bond donors (Lipinski definition) is 1. The molecule has 152 valence electrons. The van der Waals surface area contributed by atoms with Crippen molar-refractivity contribution in [2.75, 3.05) is 31.0 Å². The average molecular weight is 450 g/mol. The van der Waals surface area contributed by atoms with Gasteiger partial charge in [0.05, 0.1) is 24.5 Å². The van der Waals surface area contributed by atoms with Crippen LogP contribution in [0.1, 0.15) is 4.88 Å². The molecule has 10 heteroatoms. The first-order valence-electron chi connectivity index (χ1n) is 8.98. The summed E-state index contributed by atoms with van der Waals surface area (Å²) in [5, 5.41) is 2.22. The van der Waals surface area contributed by atoms with E-state index in [0.29, 0.717) is 31.2 Å². The Morgan fingerprint density at radius 3 is 2.62 bits per heavy atom. The number of morpholine rings is 1. The lowest BCUT2D eigenvalue weighted by molar-refractivity contribution is -0.134. The molecule has 1 saturated heterocycles. The number of thiazole rings is 1. The number of carbonyl (C=O) groups excluding carboxylic acids is 1. The number of carbonyl (C=O) groups is 1. The number of ether oxygens (including phenoxy) is 1. The molecule has 0 radical (unpaired) electrons. The first-order chi connectivity index (χ1) is 14.0. The summed E-state index contributed by atoms with van der Waals surface area (Å²) in [5.41, 5.74) is 0.970. The third-order valence-electron chi connectivity index (χ3n) is 4.43. The molecular weight excluding hydrogens is 430 g/mol. The van der Waals surface area contributed by atoms with Gasteiger partial charge < -0.3 is 9.64 Å². The predicted octanol–water partition coefficient (Wildman–Crippen LogP) is 3.07. The van der Waals surface area contributed by atoms with Crippen molar-refractivity contribution in [1.82, 2.24) is 9.88 Å². The Morgan fingerprint density at radius 1 is 1.17 bits per heavy atom. The maximum atomic E-state index is 12.6. The van der Waals surface area contributed by atoms with Gasteiger partial charge in [0, 0.05) is 29.0 Å². The van der Waals surface area contributed by atoms with Gasteiger partial charge in [0.1, 0.15) is 0 Å². The molecule has 0 saturated carbocycles. The smallest absolute Gasteiger partial charge is 0.263 e. The maximum absolute atomic E-state index is 12.6. The van der Waals surface area contributed by atoms with Crippen LogP contribution < -0.4 is 4.72 Å². The molecule has 1 amide bonds. The van der Waals surface area contributed by atoms with Crippen LogP contribution in [0.2, 0.25) is 0 Å². The Labute approximate surface area is 177 Å². The molecule has 4 rings (SSSR count). The summed E-state index contributed by atoms with van der Waals surface area (Å²) in [7, 11) is -3.75. The lowest BCUT2D eigenvalue weighted by atomic mass is 10.2. The Kier molecular flexibility index (Phi) is 5.95. The normalized spacial score (nSPS) is 14.7. The van der Waals surface area contributed by atoms with E-state index in [-0.39, 0.29) is 22.4 Å². The molecule has 0 bridgehead atoms. The van der Waals surface area contributed by atoms with Crippen molar-refractivity contribution in [3.05, 3.63) is 52.9 Å². The van der Waals surface area contributed by atoms with E-state index in [1.807, 2.05) is 17.5 Å². The van der Waals surface area contributed by atoms with E-state index in [4.69, 9.17) is 4.74 Å². The van der Waals surface area contributed by atoms with Crippen LogP contribution >= 0.6 is 22.7 Å². The SMILES string of the molecule is O=C(Cc1cnc(NS(=O)(=O)c2ccc(-c3cccs3)cc2)s1)N1CCOCC1. The van der Waals surface area contributed by atoms with E-state index in [9.17, 15) is 13.2 Å². The van der Waals surface area contributed by atoms with Gasteiger partial charge in [-0.1, -0.05) is 18.2 Å². The number of thiophene rings is 1. The second-order valence-corrected chi connectivity index (χ2v) is 10.2. The minimum absolute atomic E-state index is 0.00415. The van der Waals surface area contributed by atoms with Gasteiger partial charge in [-0.3, -0.25) is 9.52 Å². The fourth-order valence-corrected chi connectivity index (χ4v) is 5.70. The molecule has 1 N–H and O–H groups in total. The number of nitrogens with one attached hydrogen (secondary N) is 1. The van der Waals surface area contributed by atoms with E-state index >= 15 is 0 Å². The largest absolute Gasteiger partial charge is 0.378 e. The molecule has 0 unspecified atom stereocenters. The van der Waals surface area contributed by atoms with Crippen LogP contribution in [0.5, 0.6) is 0 Å². The predicted molar refractivity (Wildman–Crippen MR) is 114 cm³/mol. The van der Waals surface area contributed by atoms with Crippen LogP contribution in [0, 0.1) is 0 Å². The van der Waals surface area contributed by atoms with Crippen molar-refractivity contribution in [1.29, 1.82) is 0 Å². The summed E-state index contributed by atoms with van der Waals surface area (Å²) >= 11 is 2.77. The van der Waals surface area contributed by atoms with Gasteiger partial charge in [0.25, 0.3) is 10.0 Å². The molecule has 2 aromatic heterocycles. The molecule has 1 aromatic carbocycles. The maximum Gasteiger partial charge on any atom is 0.263 e. The first-order valence-corrected chi connectivity index (χ1v) is 12.2. The molecule has 1 aliphatic rings. The highest BCUT2D eigenvalue weighted by Gasteiger charge is 2.20. The number of hydrogen-bond acceptors (Lipinski definition) is 7. The molecule has 0 aliphatic carbocycles. The summed E-state index contributed by atoms with van der Waals surface area (Å²) < 4.78 is 33.0. The third kappa shape index (κ3) is 4.84. The molecule has 3 heterocycles. The lowest BCUT2D eigenvalue weighted by Gasteiger charge is -2.26. The monoisotopic (exact) mass is 449 g/mol. The van der Waals surface area contributed by atoms with Crippen LogP contribution in [-0.2, 0) is 26.0 Å². The summed E-state index contributed by atoms with van der Waals surface area (Å²) in [6.07, 6.45) is 1.75. The third-order valence-corrected chi connectivity index (χ3v) is 7.75. The van der Waals surface area contributed by atoms with Gasteiger partial charge in [-0.25, -0.2) is 13.4 Å². The highest BCUT2D eigenvalue weighted by atomic mass is 32.2. The fraction of sp³-hybridized carbons (Fsp3) is 0.263. The average Bonchev–Trinajstić information content (AvgIpc) is 3.41. The summed E-state index contributed by atoms with van der Waals surface area (Å²) in [5.74, 6) is -0.00415. The number of sulfonamides is 1. The standard InChI is InChI=1S/C19H19N3O4S3/c23-18(22-7-9-26-10-8-22)12-15-13-20-19(28-15)21-29(24,25)16-5-3-14(4-6-16)17-2-1-11-27-17/h1-6,11,13H,7-10,12H2,(H,20,21). The second-order valence-electron chi connectivity index (χ2n) is 6.41. The van der Waals surface area contributed by atoms with Crippen LogP contribution in [0.15, 0.2) is 52.9 Å². The van der Waals surface area contributed by atoms with Crippen molar-refractivity contribution in [3.63, 3.8) is 0 Å². The van der Waals surface area contributed by atoms with Crippen molar-refractivity contribution in [2.45, 2.75) is 11.3 Å². The minimum Gasteiger partial charge on any atom is -0.378 e. The Bertz CT molecular complexity index is 1070. The molecular formula is C19H19N3O4S3. The first kappa shape index (κ1) is 20.0. The fourth-order valence-electron chi connectivity index (χ4n) is 2.93. The second kappa shape index (κ2) is 8.62. The van der Waals surface area contributed by atoms with Crippen LogP contribution in [-0.4, -0.2) is 50.5 Å². The van der Waals surface area contributed by atoms with Gasteiger partial charge in [-0.2, -0.15) is 0 Å². The van der Waals surface area contributed by atoms with E-state index in [2.05, 4.69) is 9.71 Å². The Morgan fingerprint density at radius 2 is 1.93 bits per heavy atom. The number of nitrogens with zero attached hydrogens (tertiary/aromatic N) is 2. The highest BCUT2D eigenvalue weighted by Crippen LogP contribution is 2.27. The minimum atomic E-state index is -3.75. The van der Waals surface area contributed by atoms with E-state index < -0.39 is 10.0 Å². The lowest BCUT2D eigenvalue weighted by Crippen LogP contribution is -2.41.